The molecule has 0 aromatic carbocycles. The third-order valence-electron chi connectivity index (χ3n) is 2.12. The highest BCUT2D eigenvalue weighted by Crippen LogP contribution is 2.18. The van der Waals surface area contributed by atoms with Crippen molar-refractivity contribution in [1.82, 2.24) is 5.32 Å². The van der Waals surface area contributed by atoms with E-state index in [4.69, 9.17) is 0 Å². The molecule has 0 heterocycles. The maximum Gasteiger partial charge on any atom is 0.220 e. The first-order valence-corrected chi connectivity index (χ1v) is 5.15. The number of rotatable bonds is 4. The second kappa shape index (κ2) is 4.78. The van der Waals surface area contributed by atoms with Crippen molar-refractivity contribution < 1.29 is 9.90 Å². The summed E-state index contributed by atoms with van der Waals surface area (Å²) in [6.45, 7) is 10.0. The Morgan fingerprint density at radius 2 is 1.79 bits per heavy atom. The Balaban J connectivity index is 3.87. The van der Waals surface area contributed by atoms with Gasteiger partial charge in [0.15, 0.2) is 0 Å². The largest absolute Gasteiger partial charge is 0.388 e. The summed E-state index contributed by atoms with van der Waals surface area (Å²) in [5.74, 6) is 0.00576. The van der Waals surface area contributed by atoms with Gasteiger partial charge < -0.3 is 10.4 Å². The van der Waals surface area contributed by atoms with Gasteiger partial charge in [0.25, 0.3) is 0 Å². The van der Waals surface area contributed by atoms with E-state index in [9.17, 15) is 9.90 Å². The first-order valence-electron chi connectivity index (χ1n) is 5.15. The molecule has 2 N–H and O–H groups in total. The third-order valence-corrected chi connectivity index (χ3v) is 2.12. The SMILES string of the molecule is CCC(C)(O)CNC(=O)CC(C)(C)C. The fraction of sp³-hybridized carbons (Fsp3) is 0.909. The molecule has 0 rings (SSSR count). The molecular weight excluding hydrogens is 178 g/mol. The van der Waals surface area contributed by atoms with Crippen LogP contribution in [0.2, 0.25) is 0 Å². The average molecular weight is 201 g/mol. The second-order valence-corrected chi connectivity index (χ2v) is 5.36. The lowest BCUT2D eigenvalue weighted by atomic mass is 9.92. The van der Waals surface area contributed by atoms with Crippen molar-refractivity contribution in [1.29, 1.82) is 0 Å². The van der Waals surface area contributed by atoms with Crippen molar-refractivity contribution in [2.24, 2.45) is 5.41 Å². The minimum Gasteiger partial charge on any atom is -0.388 e. The van der Waals surface area contributed by atoms with Gasteiger partial charge in [-0.05, 0) is 18.8 Å². The molecule has 0 saturated carbocycles. The van der Waals surface area contributed by atoms with E-state index >= 15 is 0 Å². The Morgan fingerprint density at radius 3 is 2.14 bits per heavy atom. The molecule has 0 bridgehead atoms. The highest BCUT2D eigenvalue weighted by molar-refractivity contribution is 5.76. The van der Waals surface area contributed by atoms with Gasteiger partial charge >= 0.3 is 0 Å². The summed E-state index contributed by atoms with van der Waals surface area (Å²) in [4.78, 5) is 11.4. The summed E-state index contributed by atoms with van der Waals surface area (Å²) >= 11 is 0. The number of hydrogen-bond acceptors (Lipinski definition) is 2. The van der Waals surface area contributed by atoms with Crippen LogP contribution in [0.4, 0.5) is 0 Å². The fourth-order valence-corrected chi connectivity index (χ4v) is 0.958. The molecule has 0 radical (unpaired) electrons. The molecule has 0 aromatic heterocycles. The molecule has 3 heteroatoms. The van der Waals surface area contributed by atoms with E-state index in [0.717, 1.165) is 0 Å². The van der Waals surface area contributed by atoms with Crippen molar-refractivity contribution >= 4 is 5.91 Å². The number of carbonyl (C=O) groups excluding carboxylic acids is 1. The zero-order valence-corrected chi connectivity index (χ0v) is 9.98. The Morgan fingerprint density at radius 1 is 1.29 bits per heavy atom. The van der Waals surface area contributed by atoms with Gasteiger partial charge in [-0.1, -0.05) is 27.7 Å². The van der Waals surface area contributed by atoms with Crippen molar-refractivity contribution in [2.45, 2.75) is 53.1 Å². The van der Waals surface area contributed by atoms with E-state index < -0.39 is 5.60 Å². The standard InChI is InChI=1S/C11H23NO2/c1-6-11(5,14)8-12-9(13)7-10(2,3)4/h14H,6-8H2,1-5H3,(H,12,13). The second-order valence-electron chi connectivity index (χ2n) is 5.36. The van der Waals surface area contributed by atoms with Gasteiger partial charge in [0.05, 0.1) is 5.60 Å². The summed E-state index contributed by atoms with van der Waals surface area (Å²) in [6, 6.07) is 0. The maximum atomic E-state index is 11.4. The first-order chi connectivity index (χ1) is 6.16. The van der Waals surface area contributed by atoms with Crippen LogP contribution in [0.1, 0.15) is 47.5 Å². The molecule has 84 valence electrons. The Bertz CT molecular complexity index is 192. The van der Waals surface area contributed by atoms with Gasteiger partial charge in [0.2, 0.25) is 5.91 Å². The van der Waals surface area contributed by atoms with Crippen molar-refractivity contribution in [2.75, 3.05) is 6.54 Å². The van der Waals surface area contributed by atoms with Crippen LogP contribution in [0.5, 0.6) is 0 Å². The van der Waals surface area contributed by atoms with E-state index in [2.05, 4.69) is 5.32 Å². The quantitative estimate of drug-likeness (QED) is 0.727. The van der Waals surface area contributed by atoms with E-state index in [1.165, 1.54) is 0 Å². The van der Waals surface area contributed by atoms with Crippen molar-refractivity contribution in [3.05, 3.63) is 0 Å². The molecule has 0 aliphatic carbocycles. The van der Waals surface area contributed by atoms with Crippen LogP contribution in [-0.2, 0) is 4.79 Å². The molecule has 0 saturated heterocycles. The molecule has 1 atom stereocenters. The number of carbonyl (C=O) groups is 1. The monoisotopic (exact) mass is 201 g/mol. The van der Waals surface area contributed by atoms with Crippen LogP contribution in [0, 0.1) is 5.41 Å². The number of hydrogen-bond donors (Lipinski definition) is 2. The lowest BCUT2D eigenvalue weighted by Crippen LogP contribution is -2.41. The summed E-state index contributed by atoms with van der Waals surface area (Å²) < 4.78 is 0. The van der Waals surface area contributed by atoms with Gasteiger partial charge in [-0.15, -0.1) is 0 Å². The van der Waals surface area contributed by atoms with Crippen molar-refractivity contribution in [3.63, 3.8) is 0 Å². The Labute approximate surface area is 86.9 Å². The topological polar surface area (TPSA) is 49.3 Å². The predicted octanol–water partition coefficient (Wildman–Crippen LogP) is 1.70. The van der Waals surface area contributed by atoms with E-state index in [1.807, 2.05) is 27.7 Å². The highest BCUT2D eigenvalue weighted by atomic mass is 16.3. The molecule has 0 aliphatic rings. The number of amides is 1. The van der Waals surface area contributed by atoms with Gasteiger partial charge in [0, 0.05) is 13.0 Å². The number of nitrogens with one attached hydrogen (secondary N) is 1. The summed E-state index contributed by atoms with van der Waals surface area (Å²) in [5, 5.41) is 12.4. The molecule has 14 heavy (non-hydrogen) atoms. The lowest BCUT2D eigenvalue weighted by molar-refractivity contribution is -0.124. The molecule has 1 unspecified atom stereocenters. The highest BCUT2D eigenvalue weighted by Gasteiger charge is 2.20. The molecular formula is C11H23NO2. The van der Waals surface area contributed by atoms with Crippen LogP contribution < -0.4 is 5.32 Å². The molecule has 1 amide bonds. The summed E-state index contributed by atoms with van der Waals surface area (Å²) in [7, 11) is 0. The molecule has 3 nitrogen and oxygen atoms in total. The summed E-state index contributed by atoms with van der Waals surface area (Å²) in [5.41, 5.74) is -0.782. The van der Waals surface area contributed by atoms with Gasteiger partial charge in [-0.3, -0.25) is 4.79 Å². The van der Waals surface area contributed by atoms with Crippen LogP contribution in [0.15, 0.2) is 0 Å². The van der Waals surface area contributed by atoms with Crippen LogP contribution in [0.25, 0.3) is 0 Å². The fourth-order valence-electron chi connectivity index (χ4n) is 0.958. The van der Waals surface area contributed by atoms with Crippen molar-refractivity contribution in [3.8, 4) is 0 Å². The van der Waals surface area contributed by atoms with Crippen LogP contribution >= 0.6 is 0 Å². The average Bonchev–Trinajstić information content (AvgIpc) is 1.98. The zero-order valence-electron chi connectivity index (χ0n) is 9.98. The van der Waals surface area contributed by atoms with Crippen LogP contribution in [0.3, 0.4) is 0 Å². The Hall–Kier alpha value is -0.570. The van der Waals surface area contributed by atoms with Crippen LogP contribution in [-0.4, -0.2) is 23.2 Å². The zero-order chi connectivity index (χ0) is 11.4. The molecule has 0 spiro atoms. The minimum absolute atomic E-state index is 0.00214. The van der Waals surface area contributed by atoms with E-state index in [1.54, 1.807) is 6.92 Å². The van der Waals surface area contributed by atoms with Gasteiger partial charge in [0.1, 0.15) is 0 Å². The molecule has 0 fully saturated rings. The normalized spacial score (nSPS) is 16.1. The summed E-state index contributed by atoms with van der Waals surface area (Å²) in [6.07, 6.45) is 1.13. The minimum atomic E-state index is -0.784. The maximum absolute atomic E-state index is 11.4. The van der Waals surface area contributed by atoms with E-state index in [0.29, 0.717) is 19.4 Å². The predicted molar refractivity (Wildman–Crippen MR) is 58.0 cm³/mol. The smallest absolute Gasteiger partial charge is 0.220 e. The lowest BCUT2D eigenvalue weighted by Gasteiger charge is -2.23. The third kappa shape index (κ3) is 6.89. The van der Waals surface area contributed by atoms with E-state index in [-0.39, 0.29) is 11.3 Å². The Kier molecular flexibility index (Phi) is 4.59. The number of aliphatic hydroxyl groups is 1. The van der Waals surface area contributed by atoms with Gasteiger partial charge in [-0.2, -0.15) is 0 Å². The molecule has 0 aliphatic heterocycles. The molecule has 0 aromatic rings. The van der Waals surface area contributed by atoms with Gasteiger partial charge in [-0.25, -0.2) is 0 Å². The first kappa shape index (κ1) is 13.4.